The molecule has 0 saturated heterocycles. The van der Waals surface area contributed by atoms with Crippen LogP contribution >= 0.6 is 0 Å². The molecule has 26 rings (SSSR count). The van der Waals surface area contributed by atoms with E-state index in [2.05, 4.69) is 472 Å². The summed E-state index contributed by atoms with van der Waals surface area (Å²) in [7, 11) is 0. The van der Waals surface area contributed by atoms with Crippen molar-refractivity contribution < 1.29 is 4.42 Å². The van der Waals surface area contributed by atoms with Gasteiger partial charge in [0.15, 0.2) is 0 Å². The van der Waals surface area contributed by atoms with Crippen molar-refractivity contribution in [2.45, 2.75) is 0 Å². The molecule has 0 aliphatic carbocycles. The van der Waals surface area contributed by atoms with Gasteiger partial charge in [-0.2, -0.15) is 0 Å². The molecule has 6 heteroatoms. The van der Waals surface area contributed by atoms with Crippen LogP contribution in [0.25, 0.3) is 237 Å². The predicted molar refractivity (Wildman–Crippen MR) is 522 cm³/mol. The van der Waals surface area contributed by atoms with E-state index in [9.17, 15) is 0 Å². The zero-order valence-corrected chi connectivity index (χ0v) is 67.4. The van der Waals surface area contributed by atoms with E-state index in [1.54, 1.807) is 0 Å². The Bertz CT molecular complexity index is 8730. The lowest BCUT2D eigenvalue weighted by Crippen LogP contribution is -1.96. The summed E-state index contributed by atoms with van der Waals surface area (Å²) in [5.41, 5.74) is 33.8. The topological polar surface area (TPSA) is 37.8 Å². The molecule has 0 radical (unpaired) electrons. The molecule has 0 aliphatic heterocycles. The number of rotatable bonds is 11. The second-order valence-corrected chi connectivity index (χ2v) is 32.7. The van der Waals surface area contributed by atoms with Gasteiger partial charge < -0.3 is 27.3 Å². The average Bonchev–Trinajstić information content (AvgIpc) is 1.56. The third kappa shape index (κ3) is 11.6. The lowest BCUT2D eigenvalue weighted by atomic mass is 10.00. The van der Waals surface area contributed by atoms with E-state index in [0.29, 0.717) is 0 Å². The molecule has 6 heterocycles. The van der Waals surface area contributed by atoms with Gasteiger partial charge in [0.25, 0.3) is 0 Å². The van der Waals surface area contributed by atoms with Gasteiger partial charge in [-0.05, 0) is 229 Å². The Morgan fingerprint density at radius 1 is 0.121 bits per heavy atom. The fraction of sp³-hybridized carbons (Fsp3) is 0. The van der Waals surface area contributed by atoms with Crippen LogP contribution < -0.4 is 0 Å². The molecule has 6 nitrogen and oxygen atoms in total. The first-order valence-corrected chi connectivity index (χ1v) is 42.6. The maximum absolute atomic E-state index is 6.44. The first kappa shape index (κ1) is 70.5. The second kappa shape index (κ2) is 28.6. The first-order chi connectivity index (χ1) is 61.5. The van der Waals surface area contributed by atoms with Gasteiger partial charge in [-0.1, -0.05) is 297 Å². The lowest BCUT2D eigenvalue weighted by molar-refractivity contribution is 0.669. The maximum Gasteiger partial charge on any atom is 0.137 e. The number of para-hydroxylation sites is 4. The molecule has 0 aliphatic rings. The van der Waals surface area contributed by atoms with Crippen molar-refractivity contribution >= 4 is 142 Å². The van der Waals surface area contributed by atoms with Crippen LogP contribution in [0.3, 0.4) is 0 Å². The van der Waals surface area contributed by atoms with Gasteiger partial charge >= 0.3 is 0 Å². The smallest absolute Gasteiger partial charge is 0.137 e. The van der Waals surface area contributed by atoms with E-state index in [4.69, 9.17) is 4.42 Å². The highest BCUT2D eigenvalue weighted by molar-refractivity contribution is 6.22. The lowest BCUT2D eigenvalue weighted by Gasteiger charge is -2.12. The van der Waals surface area contributed by atoms with Crippen LogP contribution in [-0.2, 0) is 0 Å². The van der Waals surface area contributed by atoms with Gasteiger partial charge in [-0.15, -0.1) is 0 Å². The third-order valence-electron chi connectivity index (χ3n) is 25.8. The SMILES string of the molecule is c1ccc(-c2ccc(-n3c4ccccc4c4cc(-c5ccc6c(c5)c5cc7c(cc5n6-c5ccc(-c6ccccc6)cc5)oc5ccccc57)ccc43)cc2)cc1.c1ccc(-c2ccc(-n3c4ccccc4c4cc(-c5ccc6c(c5)c5cc7c8ccccc8n(-c8ccc9ccccc9c8)c7cc5n6-c5ccc(-c6ccccc6)cc5)ccc43)cc2)cc1. The Labute approximate surface area is 714 Å². The highest BCUT2D eigenvalue weighted by Crippen LogP contribution is 2.46. The molecule has 124 heavy (non-hydrogen) atoms. The summed E-state index contributed by atoms with van der Waals surface area (Å²) in [5, 5.41) is 17.1. The Kier molecular flexibility index (Phi) is 16.3. The van der Waals surface area contributed by atoms with Crippen LogP contribution in [0.1, 0.15) is 0 Å². The van der Waals surface area contributed by atoms with Crippen LogP contribution in [-0.4, -0.2) is 22.8 Å². The van der Waals surface area contributed by atoms with E-state index < -0.39 is 0 Å². The highest BCUT2D eigenvalue weighted by Gasteiger charge is 2.24. The molecule has 26 aromatic rings. The normalized spacial score (nSPS) is 11.9. The molecule has 578 valence electrons. The van der Waals surface area contributed by atoms with Crippen molar-refractivity contribution in [3.63, 3.8) is 0 Å². The molecule has 20 aromatic carbocycles. The minimum atomic E-state index is 0.894. The van der Waals surface area contributed by atoms with Gasteiger partial charge in [0.05, 0.1) is 55.2 Å². The summed E-state index contributed by atoms with van der Waals surface area (Å²) < 4.78 is 18.5. The largest absolute Gasteiger partial charge is 0.456 e. The van der Waals surface area contributed by atoms with E-state index in [-0.39, 0.29) is 0 Å². The van der Waals surface area contributed by atoms with E-state index in [1.165, 1.54) is 176 Å². The molecule has 0 saturated carbocycles. The van der Waals surface area contributed by atoms with Crippen LogP contribution in [0, 0.1) is 0 Å². The summed E-state index contributed by atoms with van der Waals surface area (Å²) in [6, 6.07) is 166. The summed E-state index contributed by atoms with van der Waals surface area (Å²) in [4.78, 5) is 0. The highest BCUT2D eigenvalue weighted by atomic mass is 16.3. The van der Waals surface area contributed by atoms with E-state index in [1.807, 2.05) is 6.07 Å². The van der Waals surface area contributed by atoms with Crippen molar-refractivity contribution in [1.29, 1.82) is 0 Å². The van der Waals surface area contributed by atoms with E-state index >= 15 is 0 Å². The Morgan fingerprint density at radius 2 is 0.379 bits per heavy atom. The first-order valence-electron chi connectivity index (χ1n) is 42.6. The van der Waals surface area contributed by atoms with Gasteiger partial charge in [0, 0.05) is 99.1 Å². The number of fused-ring (bicyclic) bond motifs is 19. The molecule has 0 bridgehead atoms. The standard InChI is InChI=1S/C64H41N3.C54H34N2O/c1-3-13-42(14-4-1)45-23-30-50(31-24-45)65-59-21-11-9-19-53(59)55-38-48(28-35-61(55)65)49-29-36-62-56(39-49)58-40-57-54-20-10-12-22-60(54)67(52-34-27-44-17-7-8-18-47(44)37-52)63(57)41-64(58)66(62)51-32-25-46(26-33-51)43-15-5-2-6-16-43;1-3-11-35(12-4-1)37-19-25-41(26-20-37)55-49-17-9-7-15-43(49)45-31-39(23-29-50(45)55)40-24-30-51-46(32-40)47-33-48-44-16-8-10-18-53(44)57-54(48)34-52(47)56(51)42-27-21-38(22-28-42)36-13-5-2-6-14-36/h1-41H;1-34H. The Morgan fingerprint density at radius 3 is 0.774 bits per heavy atom. The zero-order chi connectivity index (χ0) is 81.5. The molecule has 0 unspecified atom stereocenters. The number of hydrogen-bond acceptors (Lipinski definition) is 1. The summed E-state index contributed by atoms with van der Waals surface area (Å²) in [6.07, 6.45) is 0. The Balaban J connectivity index is 0.000000138. The van der Waals surface area contributed by atoms with Crippen LogP contribution in [0.2, 0.25) is 0 Å². The molecule has 0 spiro atoms. The number of aromatic nitrogens is 5. The molecule has 0 atom stereocenters. The summed E-state index contributed by atoms with van der Waals surface area (Å²) in [6.45, 7) is 0. The van der Waals surface area contributed by atoms with Crippen molar-refractivity contribution in [1.82, 2.24) is 22.8 Å². The predicted octanol–water partition coefficient (Wildman–Crippen LogP) is 31.9. The molecular formula is C118H75N5O. The van der Waals surface area contributed by atoms with Crippen molar-refractivity contribution in [2.24, 2.45) is 0 Å². The van der Waals surface area contributed by atoms with Crippen LogP contribution in [0.5, 0.6) is 0 Å². The Hall–Kier alpha value is -16.5. The fourth-order valence-electron chi connectivity index (χ4n) is 19.8. The van der Waals surface area contributed by atoms with Gasteiger partial charge in [-0.3, -0.25) is 0 Å². The average molecular weight is 1580 g/mol. The number of benzene rings is 20. The molecule has 0 N–H and O–H groups in total. The zero-order valence-electron chi connectivity index (χ0n) is 67.4. The summed E-state index contributed by atoms with van der Waals surface area (Å²) in [5.74, 6) is 0. The quantitative estimate of drug-likeness (QED) is 0.127. The van der Waals surface area contributed by atoms with Gasteiger partial charge in [-0.25, -0.2) is 0 Å². The molecule has 0 fully saturated rings. The third-order valence-corrected chi connectivity index (χ3v) is 25.8. The van der Waals surface area contributed by atoms with Crippen molar-refractivity contribution in [3.05, 3.63) is 455 Å². The molecular weight excluding hydrogens is 1500 g/mol. The second-order valence-electron chi connectivity index (χ2n) is 32.7. The van der Waals surface area contributed by atoms with E-state index in [0.717, 1.165) is 61.4 Å². The minimum Gasteiger partial charge on any atom is -0.456 e. The van der Waals surface area contributed by atoms with Crippen LogP contribution in [0.4, 0.5) is 0 Å². The summed E-state index contributed by atoms with van der Waals surface area (Å²) >= 11 is 0. The number of nitrogens with zero attached hydrogens (tertiary/aromatic N) is 5. The molecule has 0 amide bonds. The van der Waals surface area contributed by atoms with Crippen LogP contribution in [0.15, 0.2) is 459 Å². The number of hydrogen-bond donors (Lipinski definition) is 0. The maximum atomic E-state index is 6.44. The van der Waals surface area contributed by atoms with Crippen molar-refractivity contribution in [3.8, 4) is 95.2 Å². The van der Waals surface area contributed by atoms with Crippen molar-refractivity contribution in [2.75, 3.05) is 0 Å². The number of furan rings is 1. The minimum absolute atomic E-state index is 0.894. The monoisotopic (exact) mass is 1580 g/mol. The van der Waals surface area contributed by atoms with Gasteiger partial charge in [0.2, 0.25) is 0 Å². The van der Waals surface area contributed by atoms with Gasteiger partial charge in [0.1, 0.15) is 11.2 Å². The fourth-order valence-corrected chi connectivity index (χ4v) is 19.8. The molecule has 6 aromatic heterocycles.